The summed E-state index contributed by atoms with van der Waals surface area (Å²) < 4.78 is 11.2. The van der Waals surface area contributed by atoms with Gasteiger partial charge < -0.3 is 9.47 Å². The molecule has 1 saturated heterocycles. The van der Waals surface area contributed by atoms with Gasteiger partial charge >= 0.3 is 6.03 Å². The summed E-state index contributed by atoms with van der Waals surface area (Å²) in [6, 6.07) is 4.45. The summed E-state index contributed by atoms with van der Waals surface area (Å²) in [5.41, 5.74) is 0.572. The third kappa shape index (κ3) is 4.60. The van der Waals surface area contributed by atoms with Crippen molar-refractivity contribution in [3.63, 3.8) is 0 Å². The number of methoxy groups -OCH3 is 1. The maximum Gasteiger partial charge on any atom is 0.331 e. The summed E-state index contributed by atoms with van der Waals surface area (Å²) in [4.78, 5) is 38.8. The number of nitrogens with zero attached hydrogens (tertiary/aromatic N) is 1. The summed E-state index contributed by atoms with van der Waals surface area (Å²) in [7, 11) is 1.54. The zero-order valence-corrected chi connectivity index (χ0v) is 17.2. The van der Waals surface area contributed by atoms with Crippen LogP contribution in [-0.4, -0.2) is 42.0 Å². The molecule has 1 aromatic rings. The van der Waals surface area contributed by atoms with Crippen LogP contribution in [-0.2, 0) is 9.59 Å². The number of ether oxygens (including phenoxy) is 2. The van der Waals surface area contributed by atoms with Crippen LogP contribution in [0.1, 0.15) is 57.9 Å². The molecule has 1 aromatic carbocycles. The van der Waals surface area contributed by atoms with Crippen LogP contribution < -0.4 is 14.8 Å². The number of imide groups is 2. The molecular formula is C22H28N2O5. The van der Waals surface area contributed by atoms with Crippen LogP contribution in [0.15, 0.2) is 23.8 Å². The lowest BCUT2D eigenvalue weighted by molar-refractivity contribution is -0.132. The summed E-state index contributed by atoms with van der Waals surface area (Å²) in [5.74, 6) is -0.0959. The highest BCUT2D eigenvalue weighted by Crippen LogP contribution is 2.31. The molecule has 2 fully saturated rings. The highest BCUT2D eigenvalue weighted by Gasteiger charge is 2.40. The minimum atomic E-state index is -0.675. The second kappa shape index (κ2) is 9.11. The van der Waals surface area contributed by atoms with Crippen molar-refractivity contribution in [3.05, 3.63) is 29.3 Å². The highest BCUT2D eigenvalue weighted by molar-refractivity contribution is 6.31. The molecule has 1 aliphatic heterocycles. The fourth-order valence-corrected chi connectivity index (χ4v) is 3.68. The van der Waals surface area contributed by atoms with Crippen LogP contribution in [0.5, 0.6) is 11.5 Å². The Hall–Kier alpha value is -2.83. The van der Waals surface area contributed by atoms with Gasteiger partial charge in [0.05, 0.1) is 13.2 Å². The molecule has 0 bridgehead atoms. The van der Waals surface area contributed by atoms with Gasteiger partial charge in [-0.05, 0) is 50.0 Å². The van der Waals surface area contributed by atoms with Gasteiger partial charge in [-0.15, -0.1) is 0 Å². The van der Waals surface area contributed by atoms with Gasteiger partial charge in [-0.3, -0.25) is 19.8 Å². The first-order chi connectivity index (χ1) is 13.9. The first kappa shape index (κ1) is 20.9. The molecule has 2 aliphatic rings. The predicted molar refractivity (Wildman–Crippen MR) is 109 cm³/mol. The molecule has 4 amide bonds. The number of carbonyl (C=O) groups excluding carboxylic acids is 3. The van der Waals surface area contributed by atoms with E-state index in [-0.39, 0.29) is 17.7 Å². The summed E-state index contributed by atoms with van der Waals surface area (Å²) in [6.45, 7) is 4.00. The van der Waals surface area contributed by atoms with Crippen molar-refractivity contribution in [2.45, 2.75) is 64.5 Å². The van der Waals surface area contributed by atoms with Crippen LogP contribution in [0.4, 0.5) is 4.79 Å². The average molecular weight is 400 g/mol. The van der Waals surface area contributed by atoms with Crippen molar-refractivity contribution < 1.29 is 23.9 Å². The molecule has 1 heterocycles. The number of hydrogen-bond acceptors (Lipinski definition) is 5. The molecule has 1 aliphatic carbocycles. The Morgan fingerprint density at radius 1 is 1.17 bits per heavy atom. The molecule has 1 saturated carbocycles. The van der Waals surface area contributed by atoms with E-state index in [4.69, 9.17) is 9.47 Å². The van der Waals surface area contributed by atoms with E-state index in [9.17, 15) is 14.4 Å². The van der Waals surface area contributed by atoms with Gasteiger partial charge in [-0.1, -0.05) is 32.3 Å². The Bertz CT molecular complexity index is 826. The molecule has 7 nitrogen and oxygen atoms in total. The number of nitrogens with one attached hydrogen (secondary N) is 1. The Labute approximate surface area is 171 Å². The van der Waals surface area contributed by atoms with Gasteiger partial charge in [0.15, 0.2) is 11.5 Å². The van der Waals surface area contributed by atoms with Crippen LogP contribution in [0, 0.1) is 0 Å². The maximum absolute atomic E-state index is 13.0. The molecule has 0 spiro atoms. The van der Waals surface area contributed by atoms with Crippen molar-refractivity contribution in [1.29, 1.82) is 0 Å². The standard InChI is InChI=1S/C22H28N2O5/c1-4-14(2)29-18-11-10-15(13-19(18)28-3)12-17-20(25)23-22(27)24(21(17)26)16-8-6-5-7-9-16/h10-14,16H,4-9H2,1-3H3,(H,23,25,27). The maximum atomic E-state index is 13.0. The molecule has 1 N–H and O–H groups in total. The van der Waals surface area contributed by atoms with Crippen molar-refractivity contribution in [2.75, 3.05) is 7.11 Å². The number of benzene rings is 1. The lowest BCUT2D eigenvalue weighted by Crippen LogP contribution is -2.58. The Morgan fingerprint density at radius 3 is 2.55 bits per heavy atom. The Balaban J connectivity index is 1.88. The van der Waals surface area contributed by atoms with E-state index in [1.165, 1.54) is 18.1 Å². The van der Waals surface area contributed by atoms with E-state index < -0.39 is 17.8 Å². The quantitative estimate of drug-likeness (QED) is 0.582. The molecular weight excluding hydrogens is 372 g/mol. The normalized spacial score (nSPS) is 20.6. The molecule has 29 heavy (non-hydrogen) atoms. The molecule has 3 rings (SSSR count). The van der Waals surface area contributed by atoms with E-state index >= 15 is 0 Å². The first-order valence-electron chi connectivity index (χ1n) is 10.2. The predicted octanol–water partition coefficient (Wildman–Crippen LogP) is 3.67. The minimum Gasteiger partial charge on any atom is -0.493 e. The van der Waals surface area contributed by atoms with Crippen LogP contribution in [0.3, 0.4) is 0 Å². The third-order valence-corrected chi connectivity index (χ3v) is 5.47. The van der Waals surface area contributed by atoms with Gasteiger partial charge in [-0.25, -0.2) is 4.79 Å². The van der Waals surface area contributed by atoms with Gasteiger partial charge in [0.25, 0.3) is 11.8 Å². The number of hydrogen-bond donors (Lipinski definition) is 1. The van der Waals surface area contributed by atoms with E-state index in [1.807, 2.05) is 13.8 Å². The van der Waals surface area contributed by atoms with Crippen LogP contribution in [0.2, 0.25) is 0 Å². The topological polar surface area (TPSA) is 84.9 Å². The van der Waals surface area contributed by atoms with Crippen molar-refractivity contribution in [2.24, 2.45) is 0 Å². The minimum absolute atomic E-state index is 0.0360. The van der Waals surface area contributed by atoms with Gasteiger partial charge in [-0.2, -0.15) is 0 Å². The monoisotopic (exact) mass is 400 g/mol. The van der Waals surface area contributed by atoms with Gasteiger partial charge in [0.2, 0.25) is 0 Å². The number of rotatable bonds is 6. The smallest absolute Gasteiger partial charge is 0.331 e. The van der Waals surface area contributed by atoms with Crippen molar-refractivity contribution in [1.82, 2.24) is 10.2 Å². The second-order valence-corrected chi connectivity index (χ2v) is 7.53. The highest BCUT2D eigenvalue weighted by atomic mass is 16.5. The summed E-state index contributed by atoms with van der Waals surface area (Å²) in [6.07, 6.45) is 6.99. The largest absolute Gasteiger partial charge is 0.493 e. The molecule has 0 radical (unpaired) electrons. The zero-order valence-electron chi connectivity index (χ0n) is 17.2. The average Bonchev–Trinajstić information content (AvgIpc) is 2.72. The summed E-state index contributed by atoms with van der Waals surface area (Å²) in [5, 5.41) is 2.30. The fraction of sp³-hybridized carbons (Fsp3) is 0.500. The summed E-state index contributed by atoms with van der Waals surface area (Å²) >= 11 is 0. The van der Waals surface area contributed by atoms with E-state index in [1.54, 1.807) is 18.2 Å². The second-order valence-electron chi connectivity index (χ2n) is 7.53. The molecule has 156 valence electrons. The zero-order chi connectivity index (χ0) is 21.0. The lowest BCUT2D eigenvalue weighted by atomic mass is 9.93. The SMILES string of the molecule is CCC(C)Oc1ccc(C=C2C(=O)NC(=O)N(C3CCCCC3)C2=O)cc1OC. The molecule has 1 unspecified atom stereocenters. The first-order valence-corrected chi connectivity index (χ1v) is 10.2. The number of barbiturate groups is 1. The van der Waals surface area contributed by atoms with E-state index in [2.05, 4.69) is 5.32 Å². The number of carbonyl (C=O) groups is 3. The Morgan fingerprint density at radius 2 is 1.90 bits per heavy atom. The number of urea groups is 1. The molecule has 0 aromatic heterocycles. The van der Waals surface area contributed by atoms with Crippen molar-refractivity contribution in [3.8, 4) is 11.5 Å². The van der Waals surface area contributed by atoms with Gasteiger partial charge in [0.1, 0.15) is 5.57 Å². The van der Waals surface area contributed by atoms with Crippen molar-refractivity contribution >= 4 is 23.9 Å². The van der Waals surface area contributed by atoms with E-state index in [0.717, 1.165) is 38.5 Å². The van der Waals surface area contributed by atoms with E-state index in [0.29, 0.717) is 17.1 Å². The van der Waals surface area contributed by atoms with Crippen LogP contribution >= 0.6 is 0 Å². The molecule has 1 atom stereocenters. The fourth-order valence-electron chi connectivity index (χ4n) is 3.68. The number of amides is 4. The lowest BCUT2D eigenvalue weighted by Gasteiger charge is -2.35. The van der Waals surface area contributed by atoms with Crippen LogP contribution in [0.25, 0.3) is 6.08 Å². The molecule has 7 heteroatoms. The van der Waals surface area contributed by atoms with Gasteiger partial charge in [0, 0.05) is 6.04 Å². The Kier molecular flexibility index (Phi) is 6.56. The third-order valence-electron chi connectivity index (χ3n) is 5.47.